The minimum atomic E-state index is -3.09. The lowest BCUT2D eigenvalue weighted by atomic mass is 9.99. The van der Waals surface area contributed by atoms with Gasteiger partial charge in [-0.2, -0.15) is 0 Å². The van der Waals surface area contributed by atoms with Crippen molar-refractivity contribution in [2.24, 2.45) is 5.92 Å². The fourth-order valence-electron chi connectivity index (χ4n) is 3.77. The lowest BCUT2D eigenvalue weighted by Crippen LogP contribution is -2.49. The molecule has 0 radical (unpaired) electrons. The van der Waals surface area contributed by atoms with E-state index in [0.717, 1.165) is 18.5 Å². The molecule has 142 valence electrons. The molecular weight excluding hydrogens is 352 g/mol. The summed E-state index contributed by atoms with van der Waals surface area (Å²) in [7, 11) is -3.09. The van der Waals surface area contributed by atoms with Crippen molar-refractivity contribution < 1.29 is 18.0 Å². The second-order valence-corrected chi connectivity index (χ2v) is 9.90. The second kappa shape index (κ2) is 7.02. The van der Waals surface area contributed by atoms with Crippen molar-refractivity contribution in [2.45, 2.75) is 45.1 Å². The summed E-state index contributed by atoms with van der Waals surface area (Å²) >= 11 is 0. The van der Waals surface area contributed by atoms with Gasteiger partial charge in [-0.3, -0.25) is 9.59 Å². The van der Waals surface area contributed by atoms with Gasteiger partial charge < -0.3 is 10.2 Å². The van der Waals surface area contributed by atoms with E-state index in [1.165, 1.54) is 5.56 Å². The standard InChI is InChI=1S/C19H26N2O4S/c1-3-4-14-5-7-16(8-6-14)21-12-15(11-17(21)22)18(23)20-19(2)9-10-26(24,25)13-19/h5-8,15H,3-4,9-13H2,1-2H3,(H,20,23). The first kappa shape index (κ1) is 18.9. The molecule has 2 aliphatic rings. The highest BCUT2D eigenvalue weighted by Gasteiger charge is 2.42. The van der Waals surface area contributed by atoms with Crippen molar-refractivity contribution >= 4 is 27.3 Å². The normalized spacial score (nSPS) is 27.7. The smallest absolute Gasteiger partial charge is 0.227 e. The van der Waals surface area contributed by atoms with E-state index < -0.39 is 21.3 Å². The largest absolute Gasteiger partial charge is 0.350 e. The van der Waals surface area contributed by atoms with Gasteiger partial charge in [-0.25, -0.2) is 8.42 Å². The fourth-order valence-corrected chi connectivity index (χ4v) is 5.87. The molecule has 2 heterocycles. The van der Waals surface area contributed by atoms with Gasteiger partial charge >= 0.3 is 0 Å². The Morgan fingerprint density at radius 2 is 2.00 bits per heavy atom. The molecule has 1 N–H and O–H groups in total. The van der Waals surface area contributed by atoms with Crippen LogP contribution in [0.3, 0.4) is 0 Å². The minimum absolute atomic E-state index is 0.0327. The molecule has 6 nitrogen and oxygen atoms in total. The number of nitrogens with zero attached hydrogens (tertiary/aromatic N) is 1. The van der Waals surface area contributed by atoms with Gasteiger partial charge in [0.15, 0.2) is 9.84 Å². The summed E-state index contributed by atoms with van der Waals surface area (Å²) in [5.74, 6) is -0.683. The summed E-state index contributed by atoms with van der Waals surface area (Å²) in [4.78, 5) is 26.6. The van der Waals surface area contributed by atoms with Crippen LogP contribution >= 0.6 is 0 Å². The van der Waals surface area contributed by atoms with Crippen LogP contribution in [0.1, 0.15) is 38.7 Å². The number of anilines is 1. The number of carbonyl (C=O) groups is 2. The number of rotatable bonds is 5. The number of benzene rings is 1. The van der Waals surface area contributed by atoms with Crippen LogP contribution in [0.4, 0.5) is 5.69 Å². The van der Waals surface area contributed by atoms with Crippen molar-refractivity contribution in [1.82, 2.24) is 5.32 Å². The van der Waals surface area contributed by atoms with Gasteiger partial charge in [0.05, 0.1) is 23.0 Å². The monoisotopic (exact) mass is 378 g/mol. The highest BCUT2D eigenvalue weighted by atomic mass is 32.2. The van der Waals surface area contributed by atoms with Gasteiger partial charge in [0, 0.05) is 18.7 Å². The number of nitrogens with one attached hydrogen (secondary N) is 1. The fraction of sp³-hybridized carbons (Fsp3) is 0.579. The Balaban J connectivity index is 1.64. The van der Waals surface area contributed by atoms with Gasteiger partial charge in [-0.1, -0.05) is 25.5 Å². The Bertz CT molecular complexity index is 803. The Morgan fingerprint density at radius 3 is 2.58 bits per heavy atom. The maximum absolute atomic E-state index is 12.6. The Hall–Kier alpha value is -1.89. The molecule has 1 aromatic carbocycles. The predicted octanol–water partition coefficient (Wildman–Crippen LogP) is 1.69. The first-order chi connectivity index (χ1) is 12.2. The number of amides is 2. The molecule has 2 amide bonds. The van der Waals surface area contributed by atoms with Crippen LogP contribution in [0.5, 0.6) is 0 Å². The van der Waals surface area contributed by atoms with E-state index in [2.05, 4.69) is 12.2 Å². The molecular formula is C19H26N2O4S. The SMILES string of the molecule is CCCc1ccc(N2CC(C(=O)NC3(C)CCS(=O)(=O)C3)CC2=O)cc1. The summed E-state index contributed by atoms with van der Waals surface area (Å²) in [5, 5.41) is 2.87. The highest BCUT2D eigenvalue weighted by Crippen LogP contribution is 2.28. The van der Waals surface area contributed by atoms with Crippen molar-refractivity contribution in [3.05, 3.63) is 29.8 Å². The molecule has 26 heavy (non-hydrogen) atoms. The van der Waals surface area contributed by atoms with Crippen molar-refractivity contribution in [2.75, 3.05) is 23.0 Å². The first-order valence-corrected chi connectivity index (χ1v) is 11.0. The molecule has 0 aromatic heterocycles. The van der Waals surface area contributed by atoms with E-state index in [-0.39, 0.29) is 29.7 Å². The Labute approximate surface area is 154 Å². The van der Waals surface area contributed by atoms with E-state index in [1.807, 2.05) is 24.3 Å². The third kappa shape index (κ3) is 4.09. The number of hydrogen-bond acceptors (Lipinski definition) is 4. The van der Waals surface area contributed by atoms with E-state index >= 15 is 0 Å². The summed E-state index contributed by atoms with van der Waals surface area (Å²) in [6.07, 6.45) is 2.65. The summed E-state index contributed by atoms with van der Waals surface area (Å²) < 4.78 is 23.4. The molecule has 2 aliphatic heterocycles. The maximum Gasteiger partial charge on any atom is 0.227 e. The zero-order valence-corrected chi connectivity index (χ0v) is 16.1. The van der Waals surface area contributed by atoms with E-state index in [4.69, 9.17) is 0 Å². The lowest BCUT2D eigenvalue weighted by molar-refractivity contribution is -0.127. The molecule has 3 rings (SSSR count). The molecule has 0 spiro atoms. The third-order valence-electron chi connectivity index (χ3n) is 5.21. The Kier molecular flexibility index (Phi) is 5.10. The van der Waals surface area contributed by atoms with E-state index in [0.29, 0.717) is 13.0 Å². The van der Waals surface area contributed by atoms with Gasteiger partial charge in [0.25, 0.3) is 0 Å². The van der Waals surface area contributed by atoms with Crippen LogP contribution in [-0.2, 0) is 25.8 Å². The average molecular weight is 378 g/mol. The molecule has 1 aromatic rings. The zero-order valence-electron chi connectivity index (χ0n) is 15.3. The molecule has 0 aliphatic carbocycles. The molecule has 2 fully saturated rings. The van der Waals surface area contributed by atoms with Crippen LogP contribution in [-0.4, -0.2) is 43.8 Å². The number of sulfone groups is 1. The Morgan fingerprint density at radius 1 is 1.31 bits per heavy atom. The van der Waals surface area contributed by atoms with Gasteiger partial charge in [-0.15, -0.1) is 0 Å². The van der Waals surface area contributed by atoms with Crippen LogP contribution < -0.4 is 10.2 Å². The quantitative estimate of drug-likeness (QED) is 0.845. The molecule has 0 bridgehead atoms. The summed E-state index contributed by atoms with van der Waals surface area (Å²) in [6.45, 7) is 4.22. The number of hydrogen-bond donors (Lipinski definition) is 1. The summed E-state index contributed by atoms with van der Waals surface area (Å²) in [6, 6.07) is 7.88. The van der Waals surface area contributed by atoms with Crippen LogP contribution in [0.2, 0.25) is 0 Å². The van der Waals surface area contributed by atoms with Gasteiger partial charge in [0.2, 0.25) is 11.8 Å². The average Bonchev–Trinajstić information content (AvgIpc) is 3.08. The van der Waals surface area contributed by atoms with Crippen molar-refractivity contribution in [1.29, 1.82) is 0 Å². The highest BCUT2D eigenvalue weighted by molar-refractivity contribution is 7.91. The van der Waals surface area contributed by atoms with Crippen LogP contribution in [0.25, 0.3) is 0 Å². The number of aryl methyl sites for hydroxylation is 1. The van der Waals surface area contributed by atoms with Crippen LogP contribution in [0.15, 0.2) is 24.3 Å². The zero-order chi connectivity index (χ0) is 18.9. The molecule has 2 unspecified atom stereocenters. The topological polar surface area (TPSA) is 83.6 Å². The summed E-state index contributed by atoms with van der Waals surface area (Å²) in [5.41, 5.74) is 1.31. The predicted molar refractivity (Wildman–Crippen MR) is 101 cm³/mol. The first-order valence-electron chi connectivity index (χ1n) is 9.13. The van der Waals surface area contributed by atoms with Crippen LogP contribution in [0, 0.1) is 5.92 Å². The molecule has 0 saturated carbocycles. The number of carbonyl (C=O) groups excluding carboxylic acids is 2. The molecule has 2 saturated heterocycles. The lowest BCUT2D eigenvalue weighted by Gasteiger charge is -2.25. The van der Waals surface area contributed by atoms with Crippen molar-refractivity contribution in [3.63, 3.8) is 0 Å². The van der Waals surface area contributed by atoms with E-state index in [1.54, 1.807) is 11.8 Å². The second-order valence-electron chi connectivity index (χ2n) is 7.71. The van der Waals surface area contributed by atoms with Gasteiger partial charge in [0.1, 0.15) is 0 Å². The van der Waals surface area contributed by atoms with Crippen molar-refractivity contribution in [3.8, 4) is 0 Å². The van der Waals surface area contributed by atoms with E-state index in [9.17, 15) is 18.0 Å². The van der Waals surface area contributed by atoms with Gasteiger partial charge in [-0.05, 0) is 37.5 Å². The maximum atomic E-state index is 12.6. The molecule has 2 atom stereocenters. The minimum Gasteiger partial charge on any atom is -0.350 e. The third-order valence-corrected chi connectivity index (χ3v) is 7.11. The molecule has 7 heteroatoms.